The van der Waals surface area contributed by atoms with E-state index in [0.29, 0.717) is 35.4 Å². The van der Waals surface area contributed by atoms with Gasteiger partial charge in [-0.3, -0.25) is 28.8 Å². The number of primary amides is 1. The summed E-state index contributed by atoms with van der Waals surface area (Å²) in [4.78, 5) is 101. The number of rotatable bonds is 23. The molecule has 2 heterocycles. The monoisotopic (exact) mass is 1140 g/mol. The molecular formula is C56H81F3N10O10S. The number of nitrogens with zero attached hydrogens (tertiary/aromatic N) is 4. The van der Waals surface area contributed by atoms with Crippen molar-refractivity contribution in [1.82, 2.24) is 40.6 Å². The molecule has 8 amide bonds. The summed E-state index contributed by atoms with van der Waals surface area (Å²) in [6.45, 7) is 22.2. The quantitative estimate of drug-likeness (QED) is 0.0271. The fourth-order valence-corrected chi connectivity index (χ4v) is 8.01. The van der Waals surface area contributed by atoms with Crippen LogP contribution in [0.4, 0.5) is 28.4 Å². The van der Waals surface area contributed by atoms with Crippen molar-refractivity contribution in [3.63, 3.8) is 0 Å². The molecule has 24 heteroatoms. The van der Waals surface area contributed by atoms with Crippen LogP contribution in [-0.4, -0.2) is 130 Å². The molecular weight excluding hydrogens is 1060 g/mol. The van der Waals surface area contributed by atoms with Crippen LogP contribution < -0.4 is 32.3 Å². The molecule has 1 aromatic heterocycles. The Labute approximate surface area is 473 Å². The molecule has 0 spiro atoms. The number of nitrogens with two attached hydrogens (primary N) is 1. The van der Waals surface area contributed by atoms with Crippen LogP contribution in [0, 0.1) is 30.0 Å². The van der Waals surface area contributed by atoms with Gasteiger partial charge >= 0.3 is 12.1 Å². The number of carbonyl (C=O) groups excluding carboxylic acids is 8. The number of amides is 8. The van der Waals surface area contributed by atoms with E-state index in [4.69, 9.17) is 20.2 Å². The maximum absolute atomic E-state index is 16.1. The zero-order chi connectivity index (χ0) is 60.9. The van der Waals surface area contributed by atoms with Crippen molar-refractivity contribution in [3.05, 3.63) is 108 Å². The SMILES string of the molecule is C=C(F)/C=C(\C=C/C)Cn1cc(-c2cc(C)ccc2F)nc1C(N(CC1CN(C(=O)OCc2ccc(NC(=O)CNC(=O)C(NC(=O)CNC=O)C(C)C)cc2)CC1F)C(=O)[C@H](C)O)C(C)(C)C.CC.CCCNC(N)=O.O=CS. The van der Waals surface area contributed by atoms with Crippen LogP contribution in [0.3, 0.4) is 0 Å². The van der Waals surface area contributed by atoms with Crippen molar-refractivity contribution in [3.8, 4) is 11.3 Å². The molecule has 1 fully saturated rings. The minimum absolute atomic E-state index is 0.0325. The Morgan fingerprint density at radius 1 is 1.01 bits per heavy atom. The van der Waals surface area contributed by atoms with Gasteiger partial charge < -0.3 is 56.5 Å². The van der Waals surface area contributed by atoms with Crippen molar-refractivity contribution in [2.45, 2.75) is 120 Å². The number of aryl methyl sites for hydroxylation is 1. The molecule has 2 aromatic carbocycles. The normalized spacial score (nSPS) is 15.0. The van der Waals surface area contributed by atoms with Gasteiger partial charge in [-0.25, -0.2) is 27.7 Å². The molecule has 20 nitrogen and oxygen atoms in total. The molecule has 1 saturated heterocycles. The van der Waals surface area contributed by atoms with Gasteiger partial charge in [-0.1, -0.05) is 97.9 Å². The molecule has 0 aliphatic carbocycles. The number of aliphatic hydroxyl groups is 1. The molecule has 1 aliphatic rings. The standard InChI is InChI=1S/C49H63F3N8O8.C4H10N2O.C2H6.CH2OS/c1-10-11-34(19-31(5)50)22-58-26-40(37-18-30(4)12-17-38(37)51)56-45(58)44(49(7,8)9)60(47(66)32(6)62)24-35-23-59(25-39(35)52)48(67)68-27-33-13-15-36(16-14-33)55-42(64)21-54-46(65)43(29(2)3)57-41(63)20-53-28-61;1-2-3-6-4(5)7;1-2;2-1-3/h10-19,26,28-29,32,35,39,43-44,62H,5,20-25,27H2,1-4,6-9H3,(H,53,61)(H,54,65)(H,55,64)(H,57,63);2-3H2,1H3,(H3,5,6,7);1-2H3;1H,(H,2,3)/b11-10-,34-19+;;;/t32-,35?,39?,43?,44?;;;/m0.../s1. The number of likely N-dealkylation sites (tertiary alicyclic amines) is 1. The van der Waals surface area contributed by atoms with Gasteiger partial charge in [0.15, 0.2) is 5.62 Å². The summed E-state index contributed by atoms with van der Waals surface area (Å²) in [5, 5.41) is 23.0. The number of allylic oxidation sites excluding steroid dienone is 5. The number of thiol groups is 1. The first-order valence-electron chi connectivity index (χ1n) is 26.0. The van der Waals surface area contributed by atoms with E-state index in [2.05, 4.69) is 45.8 Å². The Hall–Kier alpha value is -7.47. The largest absolute Gasteiger partial charge is 0.445 e. The highest BCUT2D eigenvalue weighted by Gasteiger charge is 2.44. The Balaban J connectivity index is 0.00000242. The van der Waals surface area contributed by atoms with Crippen LogP contribution in [0.5, 0.6) is 0 Å². The number of aromatic nitrogens is 2. The number of aliphatic hydroxyl groups excluding tert-OH is 1. The van der Waals surface area contributed by atoms with E-state index in [1.165, 1.54) is 28.9 Å². The summed E-state index contributed by atoms with van der Waals surface area (Å²) >= 11 is 3.11. The van der Waals surface area contributed by atoms with E-state index in [-0.39, 0.29) is 62.3 Å². The zero-order valence-corrected chi connectivity index (χ0v) is 48.5. The number of alkyl halides is 1. The number of hydrogen-bond acceptors (Lipinski definition) is 11. The van der Waals surface area contributed by atoms with Gasteiger partial charge in [0.1, 0.15) is 42.4 Å². The minimum atomic E-state index is -1.60. The average Bonchev–Trinajstić information content (AvgIpc) is 3.97. The summed E-state index contributed by atoms with van der Waals surface area (Å²) in [7, 11) is 0. The lowest BCUT2D eigenvalue weighted by atomic mass is 9.83. The number of ether oxygens (including phenoxy) is 1. The first kappa shape index (κ1) is 70.5. The van der Waals surface area contributed by atoms with E-state index in [1.54, 1.807) is 87.0 Å². The van der Waals surface area contributed by atoms with Gasteiger partial charge in [-0.2, -0.15) is 0 Å². The summed E-state index contributed by atoms with van der Waals surface area (Å²) < 4.78 is 52.9. The fourth-order valence-electron chi connectivity index (χ4n) is 8.01. The van der Waals surface area contributed by atoms with Crippen molar-refractivity contribution < 1.29 is 61.4 Å². The van der Waals surface area contributed by atoms with Gasteiger partial charge in [-0.05, 0) is 80.0 Å². The second kappa shape index (κ2) is 35.9. The van der Waals surface area contributed by atoms with Gasteiger partial charge in [-0.15, -0.1) is 12.6 Å². The molecule has 442 valence electrons. The molecule has 0 saturated carbocycles. The number of carbonyl (C=O) groups is 8. The summed E-state index contributed by atoms with van der Waals surface area (Å²) in [5.74, 6) is -4.64. The smallest absolute Gasteiger partial charge is 0.410 e. The van der Waals surface area contributed by atoms with Crippen LogP contribution in [0.25, 0.3) is 11.3 Å². The summed E-state index contributed by atoms with van der Waals surface area (Å²) in [6, 6.07) is 8.56. The first-order valence-corrected chi connectivity index (χ1v) is 26.5. The third-order valence-corrected chi connectivity index (χ3v) is 11.5. The topological polar surface area (TPSA) is 276 Å². The lowest BCUT2D eigenvalue weighted by molar-refractivity contribution is -0.146. The van der Waals surface area contributed by atoms with Gasteiger partial charge in [0.2, 0.25) is 24.1 Å². The van der Waals surface area contributed by atoms with E-state index in [9.17, 15) is 43.1 Å². The van der Waals surface area contributed by atoms with Crippen molar-refractivity contribution in [2.75, 3.05) is 44.6 Å². The predicted molar refractivity (Wildman–Crippen MR) is 305 cm³/mol. The van der Waals surface area contributed by atoms with Crippen LogP contribution in [-0.2, 0) is 46.7 Å². The number of anilines is 1. The Bertz CT molecular complexity index is 2590. The molecule has 3 aromatic rings. The minimum Gasteiger partial charge on any atom is -0.445 e. The molecule has 5 atom stereocenters. The molecule has 0 radical (unpaired) electrons. The van der Waals surface area contributed by atoms with Gasteiger partial charge in [0, 0.05) is 49.5 Å². The lowest BCUT2D eigenvalue weighted by Gasteiger charge is -2.41. The van der Waals surface area contributed by atoms with Gasteiger partial charge in [0.05, 0.1) is 31.4 Å². The second-order valence-electron chi connectivity index (χ2n) is 19.6. The van der Waals surface area contributed by atoms with Crippen LogP contribution in [0.15, 0.2) is 84.9 Å². The average molecular weight is 1140 g/mol. The Morgan fingerprint density at radius 2 is 1.65 bits per heavy atom. The highest BCUT2D eigenvalue weighted by molar-refractivity contribution is 7.94. The number of hydrogen-bond donors (Lipinski definition) is 8. The molecule has 80 heavy (non-hydrogen) atoms. The number of imidazole rings is 1. The number of urea groups is 1. The van der Waals surface area contributed by atoms with E-state index in [0.717, 1.165) is 12.0 Å². The maximum atomic E-state index is 16.1. The first-order chi connectivity index (χ1) is 37.7. The Morgan fingerprint density at radius 3 is 2.17 bits per heavy atom. The predicted octanol–water partition coefficient (Wildman–Crippen LogP) is 7.03. The third kappa shape index (κ3) is 24.3. The number of nitrogens with one attached hydrogen (secondary N) is 5. The van der Waals surface area contributed by atoms with Crippen molar-refractivity contribution >= 4 is 66.1 Å². The van der Waals surface area contributed by atoms with Crippen LogP contribution >= 0.6 is 12.6 Å². The van der Waals surface area contributed by atoms with Crippen molar-refractivity contribution in [2.24, 2.45) is 23.0 Å². The van der Waals surface area contributed by atoms with Crippen molar-refractivity contribution in [1.29, 1.82) is 0 Å². The van der Waals surface area contributed by atoms with Crippen LogP contribution in [0.1, 0.15) is 98.7 Å². The zero-order valence-electron chi connectivity index (χ0n) is 47.6. The third-order valence-electron chi connectivity index (χ3n) is 11.5. The lowest BCUT2D eigenvalue weighted by Crippen LogP contribution is -2.52. The van der Waals surface area contributed by atoms with E-state index >= 15 is 8.78 Å². The van der Waals surface area contributed by atoms with E-state index < -0.39 is 89.6 Å². The Kier molecular flexibility index (Phi) is 31.7. The molecule has 4 unspecified atom stereocenters. The molecule has 1 aliphatic heterocycles. The van der Waals surface area contributed by atoms with Gasteiger partial charge in [0.25, 0.3) is 5.91 Å². The van der Waals surface area contributed by atoms with E-state index in [1.807, 2.05) is 41.5 Å². The molecule has 4 rings (SSSR count). The molecule has 8 N–H and O–H groups in total. The highest BCUT2D eigenvalue weighted by Crippen LogP contribution is 2.41. The number of benzene rings is 2. The maximum Gasteiger partial charge on any atom is 0.410 e. The second-order valence-corrected chi connectivity index (χ2v) is 19.8. The molecule has 0 bridgehead atoms. The fraction of sp³-hybridized carbons (Fsp3) is 0.482. The van der Waals surface area contributed by atoms with Crippen LogP contribution in [0.2, 0.25) is 0 Å². The summed E-state index contributed by atoms with van der Waals surface area (Å²) in [5.41, 5.74) is 6.95. The highest BCUT2D eigenvalue weighted by atomic mass is 32.1. The number of halogens is 3. The summed E-state index contributed by atoms with van der Waals surface area (Å²) in [6.07, 6.45) is 3.63.